The Kier molecular flexibility index (Phi) is 3.01. The lowest BCUT2D eigenvalue weighted by atomic mass is 9.99. The van der Waals surface area contributed by atoms with E-state index >= 15 is 0 Å². The minimum Gasteiger partial charge on any atom is -0.366 e. The van der Waals surface area contributed by atoms with Gasteiger partial charge in [-0.15, -0.1) is 0 Å². The summed E-state index contributed by atoms with van der Waals surface area (Å²) in [7, 11) is -3.58. The maximum atomic E-state index is 11.5. The van der Waals surface area contributed by atoms with E-state index in [-0.39, 0.29) is 16.9 Å². The van der Waals surface area contributed by atoms with Crippen molar-refractivity contribution in [1.82, 2.24) is 4.98 Å². The van der Waals surface area contributed by atoms with Crippen molar-refractivity contribution in [2.75, 3.05) is 6.61 Å². The molecule has 0 bridgehead atoms. The molecule has 0 aromatic carbocycles. The molecule has 0 aliphatic rings. The highest BCUT2D eigenvalue weighted by Gasteiger charge is 2.19. The van der Waals surface area contributed by atoms with E-state index in [2.05, 4.69) is 4.98 Å². The number of nitrogens with one attached hydrogen (secondary N) is 1. The molecule has 4 nitrogen and oxygen atoms in total. The first-order valence-corrected chi connectivity index (χ1v) is 5.74. The number of rotatable bonds is 3. The zero-order valence-corrected chi connectivity index (χ0v) is 9.39. The second-order valence-corrected chi connectivity index (χ2v) is 5.94. The van der Waals surface area contributed by atoms with Crippen molar-refractivity contribution in [2.45, 2.75) is 25.7 Å². The Bertz CT molecular complexity index is 373. The van der Waals surface area contributed by atoms with E-state index in [0.717, 1.165) is 0 Å². The second-order valence-electron chi connectivity index (χ2n) is 4.32. The minimum absolute atomic E-state index is 0.163. The predicted molar refractivity (Wildman–Crippen MR) is 53.4 cm³/mol. The lowest BCUT2D eigenvalue weighted by Crippen LogP contribution is -2.18. The molecule has 14 heavy (non-hydrogen) atoms. The fourth-order valence-electron chi connectivity index (χ4n) is 0.786. The van der Waals surface area contributed by atoms with Gasteiger partial charge in [0.15, 0.2) is 0 Å². The SMILES string of the molecule is CC(C)(C)COS(=O)(=O)c1cc[nH]c1. The molecule has 1 aromatic heterocycles. The topological polar surface area (TPSA) is 59.2 Å². The molecular weight excluding hydrogens is 202 g/mol. The van der Waals surface area contributed by atoms with Gasteiger partial charge in [-0.2, -0.15) is 8.42 Å². The third kappa shape index (κ3) is 3.16. The maximum absolute atomic E-state index is 11.5. The van der Waals surface area contributed by atoms with Crippen LogP contribution in [0.25, 0.3) is 0 Å². The highest BCUT2D eigenvalue weighted by atomic mass is 32.2. The van der Waals surface area contributed by atoms with Crippen LogP contribution in [-0.4, -0.2) is 20.0 Å². The van der Waals surface area contributed by atoms with Crippen molar-refractivity contribution in [1.29, 1.82) is 0 Å². The molecule has 0 unspecified atom stereocenters. The smallest absolute Gasteiger partial charge is 0.298 e. The molecule has 0 amide bonds. The van der Waals surface area contributed by atoms with Gasteiger partial charge in [0, 0.05) is 12.4 Å². The Morgan fingerprint density at radius 1 is 1.43 bits per heavy atom. The van der Waals surface area contributed by atoms with Gasteiger partial charge < -0.3 is 4.98 Å². The molecule has 1 heterocycles. The van der Waals surface area contributed by atoms with E-state index in [0.29, 0.717) is 0 Å². The van der Waals surface area contributed by atoms with Crippen molar-refractivity contribution in [3.8, 4) is 0 Å². The van der Waals surface area contributed by atoms with Crippen LogP contribution in [0.1, 0.15) is 20.8 Å². The molecule has 1 rings (SSSR count). The van der Waals surface area contributed by atoms with Crippen molar-refractivity contribution < 1.29 is 12.6 Å². The summed E-state index contributed by atoms with van der Waals surface area (Å²) in [4.78, 5) is 2.84. The van der Waals surface area contributed by atoms with Crippen LogP contribution in [0.4, 0.5) is 0 Å². The van der Waals surface area contributed by atoms with E-state index in [1.807, 2.05) is 20.8 Å². The first-order valence-electron chi connectivity index (χ1n) is 4.33. The second kappa shape index (κ2) is 3.74. The van der Waals surface area contributed by atoms with Gasteiger partial charge in [0.25, 0.3) is 10.1 Å². The number of aromatic nitrogens is 1. The average Bonchev–Trinajstić information content (AvgIpc) is 2.52. The number of hydrogen-bond donors (Lipinski definition) is 1. The summed E-state index contributed by atoms with van der Waals surface area (Å²) >= 11 is 0. The lowest BCUT2D eigenvalue weighted by molar-refractivity contribution is 0.203. The first-order chi connectivity index (χ1) is 6.31. The molecular formula is C9H15NO3S. The predicted octanol–water partition coefficient (Wildman–Crippen LogP) is 1.77. The molecule has 5 heteroatoms. The fraction of sp³-hybridized carbons (Fsp3) is 0.556. The fourth-order valence-corrected chi connectivity index (χ4v) is 1.88. The molecule has 0 saturated carbocycles. The molecule has 0 saturated heterocycles. The Hall–Kier alpha value is -0.810. The summed E-state index contributed by atoms with van der Waals surface area (Å²) in [6, 6.07) is 1.47. The van der Waals surface area contributed by atoms with Crippen LogP contribution in [0.3, 0.4) is 0 Å². The zero-order chi connectivity index (χ0) is 10.8. The van der Waals surface area contributed by atoms with Gasteiger partial charge in [-0.05, 0) is 11.5 Å². The Morgan fingerprint density at radius 2 is 2.07 bits per heavy atom. The molecule has 80 valence electrons. The molecule has 0 aliphatic heterocycles. The third-order valence-corrected chi connectivity index (χ3v) is 2.76. The zero-order valence-electron chi connectivity index (χ0n) is 8.57. The summed E-state index contributed by atoms with van der Waals surface area (Å²) < 4.78 is 27.9. The van der Waals surface area contributed by atoms with E-state index in [1.165, 1.54) is 12.3 Å². The number of aromatic amines is 1. The largest absolute Gasteiger partial charge is 0.366 e. The number of H-pyrrole nitrogens is 1. The average molecular weight is 217 g/mol. The minimum atomic E-state index is -3.58. The summed E-state index contributed by atoms with van der Waals surface area (Å²) in [5.41, 5.74) is -0.163. The van der Waals surface area contributed by atoms with Crippen LogP contribution in [0.5, 0.6) is 0 Å². The normalized spacial score (nSPS) is 13.1. The number of hydrogen-bond acceptors (Lipinski definition) is 3. The lowest BCUT2D eigenvalue weighted by Gasteiger charge is -2.17. The quantitative estimate of drug-likeness (QED) is 0.785. The van der Waals surface area contributed by atoms with E-state index in [9.17, 15) is 8.42 Å². The molecule has 1 aromatic rings. The van der Waals surface area contributed by atoms with Crippen LogP contribution in [0, 0.1) is 5.41 Å². The summed E-state index contributed by atoms with van der Waals surface area (Å²) in [6.07, 6.45) is 2.95. The van der Waals surface area contributed by atoms with Crippen LogP contribution in [0.2, 0.25) is 0 Å². The van der Waals surface area contributed by atoms with Crippen molar-refractivity contribution in [2.24, 2.45) is 5.41 Å². The van der Waals surface area contributed by atoms with E-state index < -0.39 is 10.1 Å². The van der Waals surface area contributed by atoms with Gasteiger partial charge >= 0.3 is 0 Å². The van der Waals surface area contributed by atoms with Crippen LogP contribution in [0.15, 0.2) is 23.4 Å². The first kappa shape index (κ1) is 11.3. The highest BCUT2D eigenvalue weighted by Crippen LogP contribution is 2.18. The standard InChI is InChI=1S/C9H15NO3S/c1-9(2,3)7-13-14(11,12)8-4-5-10-6-8/h4-6,10H,7H2,1-3H3. The summed E-state index contributed by atoms with van der Waals surface area (Å²) in [5, 5.41) is 0. The summed E-state index contributed by atoms with van der Waals surface area (Å²) in [5.74, 6) is 0. The van der Waals surface area contributed by atoms with Gasteiger partial charge in [-0.3, -0.25) is 4.18 Å². The monoisotopic (exact) mass is 217 g/mol. The van der Waals surface area contributed by atoms with Gasteiger partial charge in [0.1, 0.15) is 4.90 Å². The van der Waals surface area contributed by atoms with Crippen molar-refractivity contribution >= 4 is 10.1 Å². The molecule has 0 fully saturated rings. The molecule has 0 spiro atoms. The van der Waals surface area contributed by atoms with Crippen LogP contribution >= 0.6 is 0 Å². The summed E-state index contributed by atoms with van der Waals surface area (Å²) in [6.45, 7) is 5.93. The third-order valence-electron chi connectivity index (χ3n) is 1.51. The van der Waals surface area contributed by atoms with Crippen LogP contribution in [-0.2, 0) is 14.3 Å². The molecule has 0 radical (unpaired) electrons. The molecule has 1 N–H and O–H groups in total. The van der Waals surface area contributed by atoms with Gasteiger partial charge in [0.2, 0.25) is 0 Å². The van der Waals surface area contributed by atoms with E-state index in [4.69, 9.17) is 4.18 Å². The van der Waals surface area contributed by atoms with Gasteiger partial charge in [-0.1, -0.05) is 20.8 Å². The van der Waals surface area contributed by atoms with Crippen LogP contribution < -0.4 is 0 Å². The van der Waals surface area contributed by atoms with Crippen molar-refractivity contribution in [3.63, 3.8) is 0 Å². The van der Waals surface area contributed by atoms with Gasteiger partial charge in [0.05, 0.1) is 6.61 Å². The van der Waals surface area contributed by atoms with Crippen molar-refractivity contribution in [3.05, 3.63) is 18.5 Å². The Balaban J connectivity index is 2.70. The highest BCUT2D eigenvalue weighted by molar-refractivity contribution is 7.86. The molecule has 0 aliphatic carbocycles. The Morgan fingerprint density at radius 3 is 2.50 bits per heavy atom. The Labute approximate surface area is 84.4 Å². The maximum Gasteiger partial charge on any atom is 0.298 e. The molecule has 0 atom stereocenters. The van der Waals surface area contributed by atoms with Gasteiger partial charge in [-0.25, -0.2) is 0 Å². The van der Waals surface area contributed by atoms with E-state index in [1.54, 1.807) is 6.20 Å².